The molecule has 0 radical (unpaired) electrons. The molecule has 3 rings (SSSR count). The Kier molecular flexibility index (Phi) is 4.04. The monoisotopic (exact) mass is 311 g/mol. The number of hydrogen-bond acceptors (Lipinski definition) is 3. The molecular weight excluding hydrogens is 292 g/mol. The van der Waals surface area contributed by atoms with Gasteiger partial charge in [-0.25, -0.2) is 8.78 Å². The van der Waals surface area contributed by atoms with Gasteiger partial charge in [0, 0.05) is 31.7 Å². The number of carbonyl (C=O) groups excluding carboxylic acids is 1. The number of alkyl halides is 2. The number of rotatable bonds is 2. The van der Waals surface area contributed by atoms with Crippen molar-refractivity contribution in [2.45, 2.75) is 31.1 Å². The van der Waals surface area contributed by atoms with Crippen LogP contribution >= 0.6 is 0 Å². The van der Waals surface area contributed by atoms with E-state index < -0.39 is 18.4 Å². The van der Waals surface area contributed by atoms with Gasteiger partial charge in [-0.3, -0.25) is 4.79 Å². The maximum atomic E-state index is 13.2. The van der Waals surface area contributed by atoms with Crippen molar-refractivity contribution in [3.63, 3.8) is 0 Å². The highest BCUT2D eigenvalue weighted by atomic mass is 19.3. The second-order valence-electron chi connectivity index (χ2n) is 5.99. The van der Waals surface area contributed by atoms with Gasteiger partial charge in [-0.1, -0.05) is 6.07 Å². The number of phenols is 1. The van der Waals surface area contributed by atoms with Crippen LogP contribution in [0.15, 0.2) is 18.2 Å². The Hall–Kier alpha value is -1.69. The summed E-state index contributed by atoms with van der Waals surface area (Å²) in [6.45, 7) is 0.823. The van der Waals surface area contributed by atoms with Gasteiger partial charge in [0.05, 0.1) is 6.54 Å². The average Bonchev–Trinajstić information content (AvgIpc) is 2.87. The van der Waals surface area contributed by atoms with Crippen LogP contribution in [0.3, 0.4) is 0 Å². The summed E-state index contributed by atoms with van der Waals surface area (Å²) < 4.78 is 31.7. The van der Waals surface area contributed by atoms with Crippen molar-refractivity contribution in [1.29, 1.82) is 0 Å². The predicted octanol–water partition coefficient (Wildman–Crippen LogP) is 2.77. The van der Waals surface area contributed by atoms with E-state index in [9.17, 15) is 18.7 Å². The van der Waals surface area contributed by atoms with Crippen LogP contribution < -0.4 is 0 Å². The summed E-state index contributed by atoms with van der Waals surface area (Å²) in [7, 11) is 0. The number of likely N-dealkylation sites (tertiary alicyclic amines) is 1. The number of phenolic OH excluding ortho intramolecular Hbond substituents is 1. The zero-order chi connectivity index (χ0) is 15.7. The first-order valence-electron chi connectivity index (χ1n) is 7.54. The maximum Gasteiger partial charge on any atom is 0.267 e. The fraction of sp³-hybridized carbons (Fsp3) is 0.562. The van der Waals surface area contributed by atoms with E-state index in [2.05, 4.69) is 0 Å². The molecule has 6 heteroatoms. The lowest BCUT2D eigenvalue weighted by Gasteiger charge is -2.23. The van der Waals surface area contributed by atoms with E-state index in [0.29, 0.717) is 13.2 Å². The van der Waals surface area contributed by atoms with Crippen molar-refractivity contribution in [2.24, 2.45) is 0 Å². The molecular formula is C16H19F2NO3. The number of amides is 1. The lowest BCUT2D eigenvalue weighted by molar-refractivity contribution is 0.0120. The zero-order valence-corrected chi connectivity index (χ0v) is 12.2. The molecule has 120 valence electrons. The maximum absolute atomic E-state index is 13.2. The van der Waals surface area contributed by atoms with Gasteiger partial charge in [-0.15, -0.1) is 0 Å². The second-order valence-corrected chi connectivity index (χ2v) is 5.99. The average molecular weight is 311 g/mol. The fourth-order valence-corrected chi connectivity index (χ4v) is 3.12. The van der Waals surface area contributed by atoms with Gasteiger partial charge < -0.3 is 14.7 Å². The molecule has 2 aliphatic heterocycles. The molecule has 0 aliphatic carbocycles. The van der Waals surface area contributed by atoms with Gasteiger partial charge in [0.1, 0.15) is 5.75 Å². The van der Waals surface area contributed by atoms with E-state index in [4.69, 9.17) is 4.74 Å². The third-order valence-corrected chi connectivity index (χ3v) is 4.40. The Balaban J connectivity index is 1.75. The van der Waals surface area contributed by atoms with Crippen LogP contribution in [0.2, 0.25) is 0 Å². The van der Waals surface area contributed by atoms with Crippen molar-refractivity contribution >= 4 is 5.91 Å². The third-order valence-electron chi connectivity index (χ3n) is 4.40. The molecule has 1 aromatic carbocycles. The normalized spacial score (nSPS) is 22.0. The Bertz CT molecular complexity index is 571. The topological polar surface area (TPSA) is 49.8 Å². The minimum absolute atomic E-state index is 0.0499. The van der Waals surface area contributed by atoms with E-state index in [0.717, 1.165) is 23.3 Å². The van der Waals surface area contributed by atoms with Crippen molar-refractivity contribution in [3.05, 3.63) is 29.3 Å². The molecule has 0 unspecified atom stereocenters. The van der Waals surface area contributed by atoms with Gasteiger partial charge in [0.25, 0.3) is 11.8 Å². The highest BCUT2D eigenvalue weighted by molar-refractivity contribution is 5.95. The SMILES string of the molecule is O=C(c1ccc(C2CCOCC2)c(O)c1)N1CCC(F)(F)C1. The van der Waals surface area contributed by atoms with Gasteiger partial charge in [-0.2, -0.15) is 0 Å². The Morgan fingerprint density at radius 3 is 2.64 bits per heavy atom. The fourth-order valence-electron chi connectivity index (χ4n) is 3.12. The summed E-state index contributed by atoms with van der Waals surface area (Å²) in [5.74, 6) is -2.98. The smallest absolute Gasteiger partial charge is 0.267 e. The molecule has 22 heavy (non-hydrogen) atoms. The van der Waals surface area contributed by atoms with Crippen LogP contribution in [-0.2, 0) is 4.74 Å². The standard InChI is InChI=1S/C16H19F2NO3/c17-16(18)5-6-19(10-16)15(21)12-1-2-13(14(20)9-12)11-3-7-22-8-4-11/h1-2,9,11,20H,3-8,10H2. The summed E-state index contributed by atoms with van der Waals surface area (Å²) in [6.07, 6.45) is 1.36. The minimum Gasteiger partial charge on any atom is -0.508 e. The van der Waals surface area contributed by atoms with Crippen LogP contribution in [0.4, 0.5) is 8.78 Å². The van der Waals surface area contributed by atoms with Crippen LogP contribution in [0, 0.1) is 0 Å². The molecule has 0 spiro atoms. The molecule has 0 saturated carbocycles. The van der Waals surface area contributed by atoms with Gasteiger partial charge in [-0.05, 0) is 36.5 Å². The van der Waals surface area contributed by atoms with Crippen molar-refractivity contribution in [1.82, 2.24) is 4.90 Å². The van der Waals surface area contributed by atoms with Crippen molar-refractivity contribution in [2.75, 3.05) is 26.3 Å². The van der Waals surface area contributed by atoms with E-state index >= 15 is 0 Å². The number of ether oxygens (including phenoxy) is 1. The van der Waals surface area contributed by atoms with Crippen molar-refractivity contribution in [3.8, 4) is 5.75 Å². The van der Waals surface area contributed by atoms with Crippen LogP contribution in [0.25, 0.3) is 0 Å². The number of benzene rings is 1. The van der Waals surface area contributed by atoms with Crippen molar-refractivity contribution < 1.29 is 23.4 Å². The Labute approximate surface area is 127 Å². The Morgan fingerprint density at radius 2 is 2.05 bits per heavy atom. The largest absolute Gasteiger partial charge is 0.508 e. The molecule has 1 amide bonds. The van der Waals surface area contributed by atoms with Gasteiger partial charge in [0.15, 0.2) is 0 Å². The summed E-state index contributed by atoms with van der Waals surface area (Å²) in [5, 5.41) is 10.2. The summed E-state index contributed by atoms with van der Waals surface area (Å²) in [4.78, 5) is 13.4. The predicted molar refractivity (Wildman–Crippen MR) is 76.4 cm³/mol. The molecule has 0 atom stereocenters. The van der Waals surface area contributed by atoms with Crippen LogP contribution in [0.1, 0.15) is 41.1 Å². The third kappa shape index (κ3) is 3.06. The van der Waals surface area contributed by atoms with Crippen LogP contribution in [0.5, 0.6) is 5.75 Å². The lowest BCUT2D eigenvalue weighted by Crippen LogP contribution is -2.31. The van der Waals surface area contributed by atoms with Gasteiger partial charge in [0.2, 0.25) is 0 Å². The number of aromatic hydroxyl groups is 1. The van der Waals surface area contributed by atoms with E-state index in [1.54, 1.807) is 12.1 Å². The molecule has 2 fully saturated rings. The summed E-state index contributed by atoms with van der Waals surface area (Å²) >= 11 is 0. The van der Waals surface area contributed by atoms with Gasteiger partial charge >= 0.3 is 0 Å². The first kappa shape index (κ1) is 15.2. The van der Waals surface area contributed by atoms with E-state index in [1.807, 2.05) is 0 Å². The molecule has 1 N–H and O–H groups in total. The molecule has 0 bridgehead atoms. The number of nitrogens with zero attached hydrogens (tertiary/aromatic N) is 1. The van der Waals surface area contributed by atoms with E-state index in [1.165, 1.54) is 6.07 Å². The summed E-state index contributed by atoms with van der Waals surface area (Å²) in [5.41, 5.74) is 1.05. The number of halogens is 2. The van der Waals surface area contributed by atoms with Crippen LogP contribution in [-0.4, -0.2) is 48.1 Å². The zero-order valence-electron chi connectivity index (χ0n) is 12.2. The number of carbonyl (C=O) groups is 1. The second kappa shape index (κ2) is 5.83. The molecule has 2 saturated heterocycles. The molecule has 4 nitrogen and oxygen atoms in total. The number of hydrogen-bond donors (Lipinski definition) is 1. The molecule has 0 aromatic heterocycles. The molecule has 1 aromatic rings. The molecule has 2 heterocycles. The summed E-state index contributed by atoms with van der Waals surface area (Å²) in [6, 6.07) is 4.74. The van der Waals surface area contributed by atoms with E-state index in [-0.39, 0.29) is 30.2 Å². The first-order chi connectivity index (χ1) is 10.5. The highest BCUT2D eigenvalue weighted by Gasteiger charge is 2.40. The molecule has 2 aliphatic rings. The first-order valence-corrected chi connectivity index (χ1v) is 7.54. The highest BCUT2D eigenvalue weighted by Crippen LogP contribution is 2.34. The lowest BCUT2D eigenvalue weighted by atomic mass is 9.90. The minimum atomic E-state index is -2.81. The Morgan fingerprint density at radius 1 is 1.32 bits per heavy atom. The quantitative estimate of drug-likeness (QED) is 0.913.